The second-order valence-electron chi connectivity index (χ2n) is 5.78. The van der Waals surface area contributed by atoms with E-state index in [1.54, 1.807) is 18.2 Å². The summed E-state index contributed by atoms with van der Waals surface area (Å²) in [6.45, 7) is 2.98. The Balaban J connectivity index is 0.000000646. The van der Waals surface area contributed by atoms with Gasteiger partial charge in [0.2, 0.25) is 5.60 Å². The van der Waals surface area contributed by atoms with Crippen molar-refractivity contribution in [2.75, 3.05) is 13.7 Å². The molecule has 4 nitrogen and oxygen atoms in total. The van der Waals surface area contributed by atoms with Gasteiger partial charge in [-0.15, -0.1) is 0 Å². The summed E-state index contributed by atoms with van der Waals surface area (Å²) in [6, 6.07) is 12.0. The zero-order valence-corrected chi connectivity index (χ0v) is 15.3. The minimum atomic E-state index is -4.56. The predicted octanol–water partition coefficient (Wildman–Crippen LogP) is 4.43. The number of alkyl halides is 3. The number of ether oxygens (including phenoxy) is 1. The number of carbonyl (C=O) groups is 1. The molecule has 3 N–H and O–H groups in total. The van der Waals surface area contributed by atoms with Gasteiger partial charge in [-0.1, -0.05) is 55.8 Å². The molecule has 2 aromatic rings. The summed E-state index contributed by atoms with van der Waals surface area (Å²) in [5.74, 6) is -1.39. The molecule has 27 heavy (non-hydrogen) atoms. The fourth-order valence-electron chi connectivity index (χ4n) is 2.53. The third kappa shape index (κ3) is 5.55. The molecule has 0 fully saturated rings. The van der Waals surface area contributed by atoms with Crippen molar-refractivity contribution >= 4 is 5.97 Å². The smallest absolute Gasteiger partial charge is 0.416 e. The Hall–Kier alpha value is -2.38. The predicted molar refractivity (Wildman–Crippen MR) is 97.3 cm³/mol. The molecule has 0 aliphatic rings. The van der Waals surface area contributed by atoms with Crippen molar-refractivity contribution in [1.29, 1.82) is 0 Å². The van der Waals surface area contributed by atoms with Crippen LogP contribution in [0.1, 0.15) is 36.5 Å². The van der Waals surface area contributed by atoms with E-state index in [0.717, 1.165) is 31.9 Å². The van der Waals surface area contributed by atoms with E-state index >= 15 is 0 Å². The van der Waals surface area contributed by atoms with Gasteiger partial charge in [0.05, 0.1) is 5.56 Å². The number of rotatable bonds is 6. The minimum Gasteiger partial charge on any atom is -0.479 e. The van der Waals surface area contributed by atoms with Crippen LogP contribution >= 0.6 is 0 Å². The van der Waals surface area contributed by atoms with E-state index < -0.39 is 23.3 Å². The van der Waals surface area contributed by atoms with E-state index in [1.807, 2.05) is 0 Å². The van der Waals surface area contributed by atoms with E-state index in [-0.39, 0.29) is 11.1 Å². The topological polar surface area (TPSA) is 72.5 Å². The van der Waals surface area contributed by atoms with Gasteiger partial charge >= 0.3 is 12.1 Å². The Bertz CT molecular complexity index is 718. The summed E-state index contributed by atoms with van der Waals surface area (Å²) in [6.07, 6.45) is -2.18. The van der Waals surface area contributed by atoms with E-state index in [2.05, 4.69) is 6.92 Å². The lowest BCUT2D eigenvalue weighted by Crippen LogP contribution is -2.39. The second-order valence-corrected chi connectivity index (χ2v) is 5.78. The molecular weight excluding hydrogens is 359 g/mol. The highest BCUT2D eigenvalue weighted by atomic mass is 19.4. The normalized spacial score (nSPS) is 13.3. The summed E-state index contributed by atoms with van der Waals surface area (Å²) in [7, 11) is 1.15. The second kappa shape index (κ2) is 10.1. The number of benzene rings is 2. The van der Waals surface area contributed by atoms with E-state index in [1.165, 1.54) is 31.0 Å². The van der Waals surface area contributed by atoms with Gasteiger partial charge in [0, 0.05) is 12.7 Å². The van der Waals surface area contributed by atoms with Gasteiger partial charge in [0.25, 0.3) is 0 Å². The maximum absolute atomic E-state index is 12.9. The molecule has 148 valence electrons. The van der Waals surface area contributed by atoms with Crippen LogP contribution in [-0.2, 0) is 21.3 Å². The Kier molecular flexibility index (Phi) is 8.46. The van der Waals surface area contributed by atoms with Gasteiger partial charge in [-0.05, 0) is 30.7 Å². The molecule has 0 amide bonds. The molecule has 0 bridgehead atoms. The standard InChI is InChI=1S/C16H13F3O3.C4H11N/c1-22-15(14(20)21,11-6-3-2-4-7-11)12-8-5-9-13(10-12)16(17,18)19;1-2-3-4-5/h2-10H,1H3,(H,20,21);2-5H2,1H3. The van der Waals surface area contributed by atoms with Crippen LogP contribution in [0.5, 0.6) is 0 Å². The van der Waals surface area contributed by atoms with Gasteiger partial charge in [0.1, 0.15) is 0 Å². The highest BCUT2D eigenvalue weighted by Crippen LogP contribution is 2.37. The maximum atomic E-state index is 12.9. The summed E-state index contributed by atoms with van der Waals surface area (Å²) >= 11 is 0. The first-order chi connectivity index (χ1) is 12.7. The molecule has 0 aliphatic heterocycles. The average molecular weight is 383 g/mol. The lowest BCUT2D eigenvalue weighted by atomic mass is 9.85. The molecule has 0 radical (unpaired) electrons. The number of hydrogen-bond acceptors (Lipinski definition) is 3. The number of carboxylic acid groups (broad SMARTS) is 1. The van der Waals surface area contributed by atoms with Crippen LogP contribution in [0.3, 0.4) is 0 Å². The zero-order valence-electron chi connectivity index (χ0n) is 15.3. The first kappa shape index (κ1) is 22.7. The van der Waals surface area contributed by atoms with Crippen molar-refractivity contribution in [3.05, 3.63) is 71.3 Å². The average Bonchev–Trinajstić information content (AvgIpc) is 2.64. The van der Waals surface area contributed by atoms with Gasteiger partial charge in [-0.2, -0.15) is 13.2 Å². The first-order valence-corrected chi connectivity index (χ1v) is 8.45. The van der Waals surface area contributed by atoms with Crippen LogP contribution in [0.4, 0.5) is 13.2 Å². The number of unbranched alkanes of at least 4 members (excludes halogenated alkanes) is 1. The number of carboxylic acids is 1. The fraction of sp³-hybridized carbons (Fsp3) is 0.350. The molecular formula is C20H24F3NO3. The molecule has 7 heteroatoms. The summed E-state index contributed by atoms with van der Waals surface area (Å²) in [4.78, 5) is 11.8. The van der Waals surface area contributed by atoms with E-state index in [9.17, 15) is 23.1 Å². The van der Waals surface area contributed by atoms with Crippen molar-refractivity contribution in [3.63, 3.8) is 0 Å². The third-order valence-electron chi connectivity index (χ3n) is 3.94. The molecule has 1 unspecified atom stereocenters. The minimum absolute atomic E-state index is 0.0940. The Labute approximate surface area is 156 Å². The summed E-state index contributed by atoms with van der Waals surface area (Å²) < 4.78 is 43.8. The molecule has 0 aliphatic carbocycles. The number of halogens is 3. The number of hydrogen-bond donors (Lipinski definition) is 2. The van der Waals surface area contributed by atoms with Crippen molar-refractivity contribution in [3.8, 4) is 0 Å². The highest BCUT2D eigenvalue weighted by Gasteiger charge is 2.44. The van der Waals surface area contributed by atoms with Crippen molar-refractivity contribution in [2.24, 2.45) is 5.73 Å². The van der Waals surface area contributed by atoms with Crippen molar-refractivity contribution in [2.45, 2.75) is 31.5 Å². The molecule has 0 aromatic heterocycles. The largest absolute Gasteiger partial charge is 0.479 e. The first-order valence-electron chi connectivity index (χ1n) is 8.45. The van der Waals surface area contributed by atoms with Crippen LogP contribution in [0.15, 0.2) is 54.6 Å². The van der Waals surface area contributed by atoms with Gasteiger partial charge in [-0.3, -0.25) is 0 Å². The summed E-state index contributed by atoms with van der Waals surface area (Å²) in [5.41, 5.74) is 2.36. The lowest BCUT2D eigenvalue weighted by Gasteiger charge is -2.29. The number of methoxy groups -OCH3 is 1. The van der Waals surface area contributed by atoms with Crippen LogP contribution in [0, 0.1) is 0 Å². The quantitative estimate of drug-likeness (QED) is 0.774. The third-order valence-corrected chi connectivity index (χ3v) is 3.94. The molecule has 0 saturated heterocycles. The molecule has 2 rings (SSSR count). The van der Waals surface area contributed by atoms with Crippen LogP contribution in [0.2, 0.25) is 0 Å². The summed E-state index contributed by atoms with van der Waals surface area (Å²) in [5, 5.41) is 9.62. The van der Waals surface area contributed by atoms with Gasteiger partial charge in [-0.25, -0.2) is 4.79 Å². The van der Waals surface area contributed by atoms with E-state index in [4.69, 9.17) is 10.5 Å². The SMILES string of the molecule is CCCCN.COC(C(=O)O)(c1ccccc1)c1cccc(C(F)(F)F)c1. The molecule has 0 spiro atoms. The van der Waals surface area contributed by atoms with Crippen LogP contribution < -0.4 is 5.73 Å². The Morgan fingerprint density at radius 2 is 1.59 bits per heavy atom. The van der Waals surface area contributed by atoms with Crippen molar-refractivity contribution < 1.29 is 27.8 Å². The van der Waals surface area contributed by atoms with Gasteiger partial charge < -0.3 is 15.6 Å². The van der Waals surface area contributed by atoms with Crippen LogP contribution in [-0.4, -0.2) is 24.7 Å². The Morgan fingerprint density at radius 1 is 1.04 bits per heavy atom. The number of nitrogens with two attached hydrogens (primary N) is 1. The van der Waals surface area contributed by atoms with Gasteiger partial charge in [0.15, 0.2) is 0 Å². The lowest BCUT2D eigenvalue weighted by molar-refractivity contribution is -0.158. The molecule has 1 atom stereocenters. The van der Waals surface area contributed by atoms with Crippen molar-refractivity contribution in [1.82, 2.24) is 0 Å². The maximum Gasteiger partial charge on any atom is 0.416 e. The number of aliphatic carboxylic acids is 1. The fourth-order valence-corrected chi connectivity index (χ4v) is 2.53. The van der Waals surface area contributed by atoms with E-state index in [0.29, 0.717) is 0 Å². The van der Waals surface area contributed by atoms with Crippen LogP contribution in [0.25, 0.3) is 0 Å². The molecule has 2 aromatic carbocycles. The molecule has 0 heterocycles. The highest BCUT2D eigenvalue weighted by molar-refractivity contribution is 5.84. The Morgan fingerprint density at radius 3 is 2.00 bits per heavy atom. The zero-order chi connectivity index (χ0) is 20.5. The molecule has 0 saturated carbocycles. The monoisotopic (exact) mass is 383 g/mol.